The van der Waals surface area contributed by atoms with E-state index in [1.807, 2.05) is 53.7 Å². The SMILES string of the molecule is COC(=O)N[C@@H](C(=O)N1CCC[C@H]1c1ncc(-c2ccc(-c3ccc(-c4cnc([C@@H]5CCCN5C(=O)Cc5ccccc5CN5CCCCC5)[nH]4)cc3)cc2)[nH]1)c1ccccc1. The van der Waals surface area contributed by atoms with Crippen LogP contribution in [0.15, 0.2) is 116 Å². The first-order valence-electron chi connectivity index (χ1n) is 22.0. The summed E-state index contributed by atoms with van der Waals surface area (Å²) in [6.07, 6.45) is 10.7. The molecule has 0 unspecified atom stereocenters. The Kier molecular flexibility index (Phi) is 12.3. The largest absolute Gasteiger partial charge is 0.453 e. The molecule has 3 aliphatic heterocycles. The summed E-state index contributed by atoms with van der Waals surface area (Å²) in [6, 6.07) is 33.3. The summed E-state index contributed by atoms with van der Waals surface area (Å²) in [5.41, 5.74) is 9.07. The number of carbonyl (C=O) groups excluding carboxylic acids is 3. The first kappa shape index (κ1) is 40.9. The number of aromatic nitrogens is 4. The monoisotopic (exact) mass is 830 g/mol. The van der Waals surface area contributed by atoms with Gasteiger partial charge in [0.1, 0.15) is 17.7 Å². The minimum Gasteiger partial charge on any atom is -0.453 e. The quantitative estimate of drug-likeness (QED) is 0.112. The number of hydrogen-bond donors (Lipinski definition) is 3. The molecule has 62 heavy (non-hydrogen) atoms. The lowest BCUT2D eigenvalue weighted by atomic mass is 10.0. The number of imidazole rings is 2. The van der Waals surface area contributed by atoms with Gasteiger partial charge in [-0.2, -0.15) is 0 Å². The maximum Gasteiger partial charge on any atom is 0.407 e. The zero-order chi connectivity index (χ0) is 42.4. The van der Waals surface area contributed by atoms with Crippen LogP contribution in [0.1, 0.15) is 91.4 Å². The zero-order valence-electron chi connectivity index (χ0n) is 35.3. The lowest BCUT2D eigenvalue weighted by Crippen LogP contribution is -2.42. The van der Waals surface area contributed by atoms with Crippen LogP contribution in [0.3, 0.4) is 0 Å². The molecule has 3 amide bonds. The van der Waals surface area contributed by atoms with Crippen molar-refractivity contribution < 1.29 is 19.1 Å². The van der Waals surface area contributed by atoms with Crippen molar-refractivity contribution in [3.8, 4) is 33.6 Å². The Morgan fingerprint density at radius 1 is 0.645 bits per heavy atom. The summed E-state index contributed by atoms with van der Waals surface area (Å²) >= 11 is 0. The van der Waals surface area contributed by atoms with E-state index in [9.17, 15) is 14.4 Å². The normalized spacial score (nSPS) is 18.5. The number of H-pyrrole nitrogens is 2. The van der Waals surface area contributed by atoms with Gasteiger partial charge in [0.15, 0.2) is 0 Å². The fourth-order valence-electron chi connectivity index (χ4n) is 9.44. The number of rotatable bonds is 12. The van der Waals surface area contributed by atoms with E-state index in [1.165, 1.54) is 31.9 Å². The van der Waals surface area contributed by atoms with Gasteiger partial charge in [-0.05, 0) is 90.6 Å². The number of benzene rings is 4. The number of alkyl carbamates (subject to hydrolysis) is 1. The summed E-state index contributed by atoms with van der Waals surface area (Å²) in [6.45, 7) is 4.49. The second-order valence-electron chi connectivity index (χ2n) is 16.7. The summed E-state index contributed by atoms with van der Waals surface area (Å²) in [4.78, 5) is 62.9. The third-order valence-electron chi connectivity index (χ3n) is 12.8. The second-order valence-corrected chi connectivity index (χ2v) is 16.7. The number of aromatic amines is 2. The highest BCUT2D eigenvalue weighted by Crippen LogP contribution is 2.36. The fraction of sp³-hybridized carbons (Fsp3) is 0.340. The molecule has 0 radical (unpaired) electrons. The number of hydrogen-bond acceptors (Lipinski definition) is 7. The van der Waals surface area contributed by atoms with Gasteiger partial charge in [0.2, 0.25) is 5.91 Å². The average Bonchev–Trinajstić information content (AvgIpc) is 4.17. The van der Waals surface area contributed by atoms with Crippen molar-refractivity contribution in [2.75, 3.05) is 33.3 Å². The molecular formula is C50H54N8O4. The van der Waals surface area contributed by atoms with E-state index in [2.05, 4.69) is 86.9 Å². The van der Waals surface area contributed by atoms with Crippen molar-refractivity contribution in [2.24, 2.45) is 0 Å². The fourth-order valence-corrected chi connectivity index (χ4v) is 9.44. The smallest absolute Gasteiger partial charge is 0.407 e. The van der Waals surface area contributed by atoms with Crippen LogP contribution in [-0.2, 0) is 27.3 Å². The van der Waals surface area contributed by atoms with Crippen LogP contribution in [0.4, 0.5) is 4.79 Å². The van der Waals surface area contributed by atoms with Crippen LogP contribution in [0.25, 0.3) is 33.6 Å². The van der Waals surface area contributed by atoms with E-state index in [1.54, 1.807) is 4.90 Å². The van der Waals surface area contributed by atoms with Gasteiger partial charge < -0.3 is 29.8 Å². The number of methoxy groups -OCH3 is 1. The van der Waals surface area contributed by atoms with Crippen molar-refractivity contribution in [1.82, 2.24) is 40.0 Å². The minimum atomic E-state index is -0.870. The third-order valence-corrected chi connectivity index (χ3v) is 12.8. The summed E-state index contributed by atoms with van der Waals surface area (Å²) in [5.74, 6) is 1.52. The molecule has 3 N–H and O–H groups in total. The van der Waals surface area contributed by atoms with E-state index in [4.69, 9.17) is 14.7 Å². The summed E-state index contributed by atoms with van der Waals surface area (Å²) in [5, 5.41) is 2.72. The number of ether oxygens (including phenoxy) is 1. The Hall–Kier alpha value is -6.53. The summed E-state index contributed by atoms with van der Waals surface area (Å²) in [7, 11) is 1.29. The molecular weight excluding hydrogens is 777 g/mol. The van der Waals surface area contributed by atoms with Crippen LogP contribution in [0.2, 0.25) is 0 Å². The molecule has 318 valence electrons. The number of carbonyl (C=O) groups is 3. The molecule has 3 saturated heterocycles. The van der Waals surface area contributed by atoms with Gasteiger partial charge >= 0.3 is 6.09 Å². The van der Waals surface area contributed by atoms with Gasteiger partial charge in [0.25, 0.3) is 5.91 Å². The van der Waals surface area contributed by atoms with Crippen molar-refractivity contribution in [3.63, 3.8) is 0 Å². The highest BCUT2D eigenvalue weighted by molar-refractivity contribution is 5.87. The first-order chi connectivity index (χ1) is 30.4. The molecule has 5 heterocycles. The van der Waals surface area contributed by atoms with E-state index in [0.717, 1.165) is 96.9 Å². The van der Waals surface area contributed by atoms with Gasteiger partial charge in [-0.25, -0.2) is 14.8 Å². The maximum atomic E-state index is 13.9. The molecule has 0 spiro atoms. The van der Waals surface area contributed by atoms with Crippen LogP contribution in [0.5, 0.6) is 0 Å². The number of likely N-dealkylation sites (tertiary alicyclic amines) is 3. The van der Waals surface area contributed by atoms with Crippen molar-refractivity contribution in [1.29, 1.82) is 0 Å². The molecule has 3 aliphatic rings. The standard InChI is InChI=1S/C50H54N8O4/c1-62-50(61)55-46(38-12-4-2-5-13-38)49(60)58-29-11-17-44(58)48-52-32-42(54-48)37-24-20-35(21-25-37)34-18-22-36(23-19-34)41-31-51-47(53-41)43-16-10-28-57(43)45(59)30-39-14-6-7-15-40(39)33-56-26-8-3-9-27-56/h2,4-7,12-15,18-25,31-32,43-44,46H,3,8-11,16-17,26-30,33H2,1H3,(H,51,53)(H,52,54)(H,55,61)/t43-,44-,46+/m0/s1. The number of piperidine rings is 1. The van der Waals surface area contributed by atoms with Gasteiger partial charge in [0.05, 0.1) is 49.4 Å². The maximum absolute atomic E-state index is 13.9. The molecule has 0 saturated carbocycles. The number of nitrogens with one attached hydrogen (secondary N) is 3. The van der Waals surface area contributed by atoms with E-state index in [-0.39, 0.29) is 23.9 Å². The molecule has 9 rings (SSSR count). The van der Waals surface area contributed by atoms with Crippen LogP contribution in [-0.4, -0.2) is 85.8 Å². The van der Waals surface area contributed by atoms with E-state index < -0.39 is 12.1 Å². The molecule has 3 fully saturated rings. The van der Waals surface area contributed by atoms with Crippen LogP contribution < -0.4 is 5.32 Å². The van der Waals surface area contributed by atoms with E-state index in [0.29, 0.717) is 24.4 Å². The molecule has 0 aliphatic carbocycles. The Labute approximate surface area is 362 Å². The van der Waals surface area contributed by atoms with Gasteiger partial charge in [-0.15, -0.1) is 0 Å². The number of nitrogens with zero attached hydrogens (tertiary/aromatic N) is 5. The molecule has 3 atom stereocenters. The van der Waals surface area contributed by atoms with Crippen molar-refractivity contribution >= 4 is 17.9 Å². The van der Waals surface area contributed by atoms with Crippen molar-refractivity contribution in [2.45, 2.75) is 76.0 Å². The Bertz CT molecular complexity index is 2470. The highest BCUT2D eigenvalue weighted by Gasteiger charge is 2.37. The second kappa shape index (κ2) is 18.6. The van der Waals surface area contributed by atoms with Gasteiger partial charge in [-0.1, -0.05) is 110 Å². The molecule has 0 bridgehead atoms. The number of amides is 3. The molecule has 2 aromatic heterocycles. The lowest BCUT2D eigenvalue weighted by Gasteiger charge is -2.28. The molecule has 12 nitrogen and oxygen atoms in total. The Morgan fingerprint density at radius 3 is 1.77 bits per heavy atom. The lowest BCUT2D eigenvalue weighted by molar-refractivity contribution is -0.134. The predicted octanol–water partition coefficient (Wildman–Crippen LogP) is 8.79. The topological polar surface area (TPSA) is 140 Å². The Balaban J connectivity index is 0.832. The van der Waals surface area contributed by atoms with Gasteiger partial charge in [0, 0.05) is 19.6 Å². The zero-order valence-corrected chi connectivity index (χ0v) is 35.3. The molecule has 4 aromatic carbocycles. The molecule has 12 heteroatoms. The van der Waals surface area contributed by atoms with E-state index >= 15 is 0 Å². The van der Waals surface area contributed by atoms with Crippen molar-refractivity contribution in [3.05, 3.63) is 144 Å². The molecule has 6 aromatic rings. The third kappa shape index (κ3) is 8.92. The predicted molar refractivity (Wildman–Crippen MR) is 238 cm³/mol. The van der Waals surface area contributed by atoms with Crippen LogP contribution >= 0.6 is 0 Å². The average molecular weight is 831 g/mol. The highest BCUT2D eigenvalue weighted by atomic mass is 16.5. The summed E-state index contributed by atoms with van der Waals surface area (Å²) < 4.78 is 4.84. The first-order valence-corrected chi connectivity index (χ1v) is 22.0. The Morgan fingerprint density at radius 2 is 1.18 bits per heavy atom. The van der Waals surface area contributed by atoms with Crippen LogP contribution in [0, 0.1) is 0 Å². The van der Waals surface area contributed by atoms with Gasteiger partial charge in [-0.3, -0.25) is 14.5 Å². The minimum absolute atomic E-state index is 0.0591.